The van der Waals surface area contributed by atoms with Crippen LogP contribution in [0.1, 0.15) is 23.0 Å². The van der Waals surface area contributed by atoms with Crippen LogP contribution in [0.5, 0.6) is 0 Å². The summed E-state index contributed by atoms with van der Waals surface area (Å²) in [4.78, 5) is 24.5. The van der Waals surface area contributed by atoms with Crippen molar-refractivity contribution in [2.24, 2.45) is 0 Å². The number of benzene rings is 1. The van der Waals surface area contributed by atoms with Gasteiger partial charge in [0.25, 0.3) is 5.91 Å². The molecular formula is C14H16N4O3. The first kappa shape index (κ1) is 14.7. The molecule has 2 aromatic rings. The minimum atomic E-state index is -0.576. The smallest absolute Gasteiger partial charge is 0.321 e. The molecule has 0 atom stereocenters. The van der Waals surface area contributed by atoms with Crippen LogP contribution in [0.15, 0.2) is 36.4 Å². The summed E-state index contributed by atoms with van der Waals surface area (Å²) >= 11 is 0. The molecule has 0 saturated heterocycles. The summed E-state index contributed by atoms with van der Waals surface area (Å²) in [5.74, 6) is -0.621. The Hall–Kier alpha value is -2.67. The number of aromatic amines is 1. The Morgan fingerprint density at radius 1 is 1.33 bits per heavy atom. The fourth-order valence-corrected chi connectivity index (χ4v) is 1.85. The number of amides is 1. The van der Waals surface area contributed by atoms with Crippen molar-refractivity contribution in [2.75, 3.05) is 11.9 Å². The molecule has 7 nitrogen and oxygen atoms in total. The van der Waals surface area contributed by atoms with Crippen molar-refractivity contribution in [3.05, 3.63) is 57.8 Å². The molecular weight excluding hydrogens is 272 g/mol. The summed E-state index contributed by atoms with van der Waals surface area (Å²) < 4.78 is 0. The molecule has 0 aliphatic rings. The Morgan fingerprint density at radius 2 is 2.14 bits per heavy atom. The van der Waals surface area contributed by atoms with Gasteiger partial charge in [0.1, 0.15) is 0 Å². The molecule has 1 aromatic heterocycles. The van der Waals surface area contributed by atoms with Gasteiger partial charge in [-0.15, -0.1) is 0 Å². The predicted octanol–water partition coefficient (Wildman–Crippen LogP) is 2.28. The number of anilines is 1. The van der Waals surface area contributed by atoms with Crippen LogP contribution in [-0.4, -0.2) is 22.4 Å². The number of rotatable bonds is 6. The first-order chi connectivity index (χ1) is 10.1. The topological polar surface area (TPSA) is 100 Å². The van der Waals surface area contributed by atoms with E-state index in [4.69, 9.17) is 0 Å². The van der Waals surface area contributed by atoms with Gasteiger partial charge in [-0.1, -0.05) is 19.1 Å². The van der Waals surface area contributed by atoms with Crippen molar-refractivity contribution >= 4 is 17.4 Å². The van der Waals surface area contributed by atoms with E-state index in [1.54, 1.807) is 6.07 Å². The van der Waals surface area contributed by atoms with Crippen LogP contribution < -0.4 is 10.6 Å². The first-order valence-corrected chi connectivity index (χ1v) is 6.54. The van der Waals surface area contributed by atoms with Crippen LogP contribution in [0.3, 0.4) is 0 Å². The molecule has 1 heterocycles. The van der Waals surface area contributed by atoms with E-state index in [-0.39, 0.29) is 11.5 Å². The summed E-state index contributed by atoms with van der Waals surface area (Å²) in [5, 5.41) is 16.5. The van der Waals surface area contributed by atoms with E-state index >= 15 is 0 Å². The fourth-order valence-electron chi connectivity index (χ4n) is 1.85. The van der Waals surface area contributed by atoms with Gasteiger partial charge in [-0.2, -0.15) is 0 Å². The zero-order valence-corrected chi connectivity index (χ0v) is 11.6. The van der Waals surface area contributed by atoms with Gasteiger partial charge < -0.3 is 20.7 Å². The highest BCUT2D eigenvalue weighted by Crippen LogP contribution is 2.14. The molecule has 0 spiro atoms. The second kappa shape index (κ2) is 6.67. The van der Waals surface area contributed by atoms with E-state index in [1.807, 2.05) is 25.1 Å². The van der Waals surface area contributed by atoms with E-state index in [2.05, 4.69) is 15.6 Å². The zero-order valence-electron chi connectivity index (χ0n) is 11.6. The maximum Gasteiger partial charge on any atom is 0.321 e. The Morgan fingerprint density at radius 3 is 2.81 bits per heavy atom. The average Bonchev–Trinajstić information content (AvgIpc) is 2.95. The summed E-state index contributed by atoms with van der Waals surface area (Å²) in [5.41, 5.74) is 1.85. The van der Waals surface area contributed by atoms with Gasteiger partial charge in [-0.25, -0.2) is 4.98 Å². The third-order valence-electron chi connectivity index (χ3n) is 2.88. The molecule has 0 fully saturated rings. The fraction of sp³-hybridized carbons (Fsp3) is 0.214. The molecule has 0 saturated carbocycles. The Balaban J connectivity index is 2.06. The molecule has 1 aromatic carbocycles. The quantitative estimate of drug-likeness (QED) is 0.560. The highest BCUT2D eigenvalue weighted by Gasteiger charge is 2.15. The molecule has 7 heteroatoms. The lowest BCUT2D eigenvalue weighted by Crippen LogP contribution is -2.14. The maximum absolute atomic E-state index is 12.0. The number of nitrogens with one attached hydrogen (secondary N) is 3. The Labute approximate surface area is 121 Å². The molecule has 0 aliphatic heterocycles. The molecule has 3 N–H and O–H groups in total. The average molecular weight is 288 g/mol. The van der Waals surface area contributed by atoms with E-state index < -0.39 is 10.8 Å². The minimum Gasteiger partial charge on any atom is -0.358 e. The third kappa shape index (κ3) is 3.90. The van der Waals surface area contributed by atoms with Crippen molar-refractivity contribution < 1.29 is 9.72 Å². The maximum atomic E-state index is 12.0. The number of nitro groups is 1. The number of hydrogen-bond donors (Lipinski definition) is 3. The van der Waals surface area contributed by atoms with Crippen LogP contribution in [0.25, 0.3) is 0 Å². The van der Waals surface area contributed by atoms with Gasteiger partial charge in [-0.3, -0.25) is 4.79 Å². The van der Waals surface area contributed by atoms with Gasteiger partial charge >= 0.3 is 5.82 Å². The number of carbonyl (C=O) groups excluding carboxylic acids is 1. The van der Waals surface area contributed by atoms with Crippen LogP contribution >= 0.6 is 0 Å². The van der Waals surface area contributed by atoms with Crippen molar-refractivity contribution in [3.8, 4) is 0 Å². The van der Waals surface area contributed by atoms with Gasteiger partial charge in [0.05, 0.1) is 0 Å². The summed E-state index contributed by atoms with van der Waals surface area (Å²) in [6, 6.07) is 10.1. The monoisotopic (exact) mass is 288 g/mol. The van der Waals surface area contributed by atoms with E-state index in [9.17, 15) is 14.9 Å². The van der Waals surface area contributed by atoms with Gasteiger partial charge in [0.2, 0.25) is 0 Å². The summed E-state index contributed by atoms with van der Waals surface area (Å²) in [6.07, 6.45) is 0. The van der Waals surface area contributed by atoms with Crippen molar-refractivity contribution in [2.45, 2.75) is 13.5 Å². The second-order valence-corrected chi connectivity index (χ2v) is 4.45. The van der Waals surface area contributed by atoms with Crippen LogP contribution in [0.2, 0.25) is 0 Å². The molecule has 0 unspecified atom stereocenters. The first-order valence-electron chi connectivity index (χ1n) is 6.54. The lowest BCUT2D eigenvalue weighted by atomic mass is 10.2. The molecule has 21 heavy (non-hydrogen) atoms. The van der Waals surface area contributed by atoms with Crippen LogP contribution in [0.4, 0.5) is 11.5 Å². The largest absolute Gasteiger partial charge is 0.358 e. The molecule has 0 radical (unpaired) electrons. The van der Waals surface area contributed by atoms with E-state index in [0.717, 1.165) is 12.1 Å². The lowest BCUT2D eigenvalue weighted by Gasteiger charge is -2.06. The summed E-state index contributed by atoms with van der Waals surface area (Å²) in [7, 11) is 0. The molecule has 2 rings (SSSR count). The number of carbonyl (C=O) groups is 1. The number of nitrogens with zero attached hydrogens (tertiary/aromatic N) is 1. The predicted molar refractivity (Wildman–Crippen MR) is 79.2 cm³/mol. The van der Waals surface area contributed by atoms with Crippen LogP contribution in [-0.2, 0) is 6.54 Å². The zero-order chi connectivity index (χ0) is 15.2. The highest BCUT2D eigenvalue weighted by atomic mass is 16.6. The van der Waals surface area contributed by atoms with Crippen molar-refractivity contribution in [3.63, 3.8) is 0 Å². The van der Waals surface area contributed by atoms with Gasteiger partial charge in [-0.05, 0) is 35.2 Å². The summed E-state index contributed by atoms with van der Waals surface area (Å²) in [6.45, 7) is 3.60. The SMILES string of the molecule is CCNCc1cccc(NC(=O)c2ccc([N+](=O)[O-])[nH]2)c1. The standard InChI is InChI=1S/C14H16N4O3/c1-2-15-9-10-4-3-5-11(8-10)16-14(19)12-6-7-13(17-12)18(20)21/h3-8,15,17H,2,9H2,1H3,(H,16,19). The lowest BCUT2D eigenvalue weighted by molar-refractivity contribution is -0.389. The number of H-pyrrole nitrogens is 1. The third-order valence-corrected chi connectivity index (χ3v) is 2.88. The number of aromatic nitrogens is 1. The van der Waals surface area contributed by atoms with Crippen molar-refractivity contribution in [1.29, 1.82) is 0 Å². The minimum absolute atomic E-state index is 0.152. The van der Waals surface area contributed by atoms with Gasteiger partial charge in [0.15, 0.2) is 5.69 Å². The Kier molecular flexibility index (Phi) is 4.68. The second-order valence-electron chi connectivity index (χ2n) is 4.45. The van der Waals surface area contributed by atoms with Crippen molar-refractivity contribution in [1.82, 2.24) is 10.3 Å². The van der Waals surface area contributed by atoms with Gasteiger partial charge in [0, 0.05) is 18.3 Å². The molecule has 1 amide bonds. The number of hydrogen-bond acceptors (Lipinski definition) is 4. The Bertz CT molecular complexity index is 651. The molecule has 0 aliphatic carbocycles. The molecule has 0 bridgehead atoms. The van der Waals surface area contributed by atoms with E-state index in [0.29, 0.717) is 12.2 Å². The van der Waals surface area contributed by atoms with E-state index in [1.165, 1.54) is 12.1 Å². The highest BCUT2D eigenvalue weighted by molar-refractivity contribution is 6.03. The van der Waals surface area contributed by atoms with Crippen LogP contribution in [0, 0.1) is 10.1 Å². The normalized spacial score (nSPS) is 10.3. The molecule has 110 valence electrons.